The summed E-state index contributed by atoms with van der Waals surface area (Å²) in [6, 6.07) is 7.47. The summed E-state index contributed by atoms with van der Waals surface area (Å²) >= 11 is 1.50. The molecule has 1 saturated heterocycles. The van der Waals surface area contributed by atoms with Crippen molar-refractivity contribution < 1.29 is 9.59 Å². The number of nitrogens with zero attached hydrogens (tertiary/aromatic N) is 2. The number of hydrogen-bond donors (Lipinski definition) is 1. The number of nitrogens with one attached hydrogen (secondary N) is 1. The van der Waals surface area contributed by atoms with Gasteiger partial charge in [0.1, 0.15) is 0 Å². The number of rotatable bonds is 3. The quantitative estimate of drug-likeness (QED) is 0.872. The Kier molecular flexibility index (Phi) is 5.00. The topological polar surface area (TPSA) is 62.3 Å². The lowest BCUT2D eigenvalue weighted by atomic mass is 9.97. The minimum atomic E-state index is -0.157. The number of thiazole rings is 1. The first kappa shape index (κ1) is 18.2. The number of aryl methyl sites for hydroxylation is 2. The van der Waals surface area contributed by atoms with Gasteiger partial charge in [0, 0.05) is 23.5 Å². The van der Waals surface area contributed by atoms with Gasteiger partial charge in [-0.2, -0.15) is 0 Å². The molecule has 1 aromatic carbocycles. The van der Waals surface area contributed by atoms with Crippen LogP contribution in [0, 0.1) is 12.8 Å². The van der Waals surface area contributed by atoms with Gasteiger partial charge in [-0.05, 0) is 50.7 Å². The molecule has 0 saturated carbocycles. The molecule has 1 aliphatic heterocycles. The molecule has 0 bridgehead atoms. The van der Waals surface area contributed by atoms with Crippen molar-refractivity contribution in [3.8, 4) is 0 Å². The fourth-order valence-electron chi connectivity index (χ4n) is 3.84. The number of anilines is 1. The van der Waals surface area contributed by atoms with E-state index in [-0.39, 0.29) is 17.7 Å². The molecule has 27 heavy (non-hydrogen) atoms. The van der Waals surface area contributed by atoms with Gasteiger partial charge in [0.15, 0.2) is 5.13 Å². The van der Waals surface area contributed by atoms with E-state index in [1.165, 1.54) is 11.3 Å². The van der Waals surface area contributed by atoms with Crippen LogP contribution in [0.2, 0.25) is 0 Å². The van der Waals surface area contributed by atoms with Gasteiger partial charge >= 0.3 is 0 Å². The molecule has 2 aliphatic rings. The van der Waals surface area contributed by atoms with E-state index in [4.69, 9.17) is 0 Å². The first-order chi connectivity index (χ1) is 13.0. The van der Waals surface area contributed by atoms with Crippen LogP contribution in [0.15, 0.2) is 24.3 Å². The van der Waals surface area contributed by atoms with Gasteiger partial charge in [-0.3, -0.25) is 14.9 Å². The molecule has 142 valence electrons. The Hall–Kier alpha value is -2.21. The number of amides is 2. The molecular formula is C21H25N3O2S. The van der Waals surface area contributed by atoms with Gasteiger partial charge in [0.05, 0.1) is 11.6 Å². The molecular weight excluding hydrogens is 358 g/mol. The second-order valence-electron chi connectivity index (χ2n) is 7.75. The zero-order valence-electron chi connectivity index (χ0n) is 15.8. The summed E-state index contributed by atoms with van der Waals surface area (Å²) in [6.07, 6.45) is 3.87. The van der Waals surface area contributed by atoms with E-state index in [2.05, 4.69) is 17.2 Å². The summed E-state index contributed by atoms with van der Waals surface area (Å²) in [5.41, 5.74) is 2.61. The van der Waals surface area contributed by atoms with E-state index in [9.17, 15) is 9.59 Å². The van der Waals surface area contributed by atoms with E-state index in [1.54, 1.807) is 0 Å². The molecule has 2 amide bonds. The maximum Gasteiger partial charge on any atom is 0.257 e. The smallest absolute Gasteiger partial charge is 0.257 e. The highest BCUT2D eigenvalue weighted by molar-refractivity contribution is 7.16. The SMILES string of the molecule is Cc1ccc(C(=O)Nc2nc3c(s2)CCC3C(=O)N2CCC(C)CC2)cc1. The van der Waals surface area contributed by atoms with Crippen molar-refractivity contribution in [2.45, 2.75) is 45.4 Å². The molecule has 1 atom stereocenters. The van der Waals surface area contributed by atoms with Crippen molar-refractivity contribution in [1.29, 1.82) is 0 Å². The average molecular weight is 384 g/mol. The van der Waals surface area contributed by atoms with E-state index < -0.39 is 0 Å². The molecule has 0 radical (unpaired) electrons. The van der Waals surface area contributed by atoms with Crippen LogP contribution < -0.4 is 5.32 Å². The normalized spacial score (nSPS) is 19.8. The maximum atomic E-state index is 13.0. The number of piperidine rings is 1. The Morgan fingerprint density at radius 3 is 2.56 bits per heavy atom. The molecule has 6 heteroatoms. The summed E-state index contributed by atoms with van der Waals surface area (Å²) in [6.45, 7) is 5.95. The Labute approximate surface area is 163 Å². The van der Waals surface area contributed by atoms with Crippen LogP contribution in [-0.2, 0) is 11.2 Å². The molecule has 2 aromatic rings. The third-order valence-electron chi connectivity index (χ3n) is 5.65. The van der Waals surface area contributed by atoms with Crippen molar-refractivity contribution in [1.82, 2.24) is 9.88 Å². The second kappa shape index (κ2) is 7.43. The monoisotopic (exact) mass is 383 g/mol. The second-order valence-corrected chi connectivity index (χ2v) is 8.83. The third kappa shape index (κ3) is 3.76. The van der Waals surface area contributed by atoms with Gasteiger partial charge in [0.2, 0.25) is 5.91 Å². The number of fused-ring (bicyclic) bond motifs is 1. The molecule has 4 rings (SSSR count). The highest BCUT2D eigenvalue weighted by atomic mass is 32.1. The molecule has 1 N–H and O–H groups in total. The van der Waals surface area contributed by atoms with E-state index >= 15 is 0 Å². The zero-order valence-corrected chi connectivity index (χ0v) is 16.6. The highest BCUT2D eigenvalue weighted by Crippen LogP contribution is 2.39. The predicted octanol–water partition coefficient (Wildman–Crippen LogP) is 3.99. The van der Waals surface area contributed by atoms with Gasteiger partial charge < -0.3 is 4.90 Å². The molecule has 1 aromatic heterocycles. The average Bonchev–Trinajstić information content (AvgIpc) is 3.22. The van der Waals surface area contributed by atoms with Crippen LogP contribution in [0.4, 0.5) is 5.13 Å². The van der Waals surface area contributed by atoms with E-state index in [0.717, 1.165) is 54.9 Å². The van der Waals surface area contributed by atoms with Crippen molar-refractivity contribution >= 4 is 28.3 Å². The molecule has 5 nitrogen and oxygen atoms in total. The first-order valence-electron chi connectivity index (χ1n) is 9.67. The molecule has 2 heterocycles. The van der Waals surface area contributed by atoms with Gasteiger partial charge in [-0.15, -0.1) is 11.3 Å². The molecule has 1 unspecified atom stereocenters. The number of aromatic nitrogens is 1. The Balaban J connectivity index is 1.45. The van der Waals surface area contributed by atoms with Crippen molar-refractivity contribution in [3.05, 3.63) is 46.0 Å². The van der Waals surface area contributed by atoms with Gasteiger partial charge in [-0.25, -0.2) is 4.98 Å². The van der Waals surface area contributed by atoms with Crippen LogP contribution >= 0.6 is 11.3 Å². The lowest BCUT2D eigenvalue weighted by Crippen LogP contribution is -2.40. The van der Waals surface area contributed by atoms with Crippen molar-refractivity contribution in [2.24, 2.45) is 5.92 Å². The summed E-state index contributed by atoms with van der Waals surface area (Å²) in [5.74, 6) is 0.614. The standard InChI is InChI=1S/C21H25N3O2S/c1-13-3-5-15(6-4-13)19(25)23-21-22-18-16(7-8-17(18)27-21)20(26)24-11-9-14(2)10-12-24/h3-6,14,16H,7-12H2,1-2H3,(H,22,23,25). The van der Waals surface area contributed by atoms with Crippen LogP contribution in [0.5, 0.6) is 0 Å². The van der Waals surface area contributed by atoms with Crippen molar-refractivity contribution in [3.63, 3.8) is 0 Å². The molecule has 1 fully saturated rings. The first-order valence-corrected chi connectivity index (χ1v) is 10.5. The number of hydrogen-bond acceptors (Lipinski definition) is 4. The van der Waals surface area contributed by atoms with Crippen LogP contribution in [-0.4, -0.2) is 34.8 Å². The van der Waals surface area contributed by atoms with Crippen LogP contribution in [0.1, 0.15) is 58.6 Å². The minimum Gasteiger partial charge on any atom is -0.342 e. The van der Waals surface area contributed by atoms with E-state index in [0.29, 0.717) is 16.6 Å². The summed E-state index contributed by atoms with van der Waals surface area (Å²) in [5, 5.41) is 3.49. The van der Waals surface area contributed by atoms with Gasteiger partial charge in [-0.1, -0.05) is 24.6 Å². The third-order valence-corrected chi connectivity index (χ3v) is 6.69. The maximum absolute atomic E-state index is 13.0. The fourth-order valence-corrected chi connectivity index (χ4v) is 4.88. The van der Waals surface area contributed by atoms with E-state index in [1.807, 2.05) is 36.1 Å². The predicted molar refractivity (Wildman–Crippen MR) is 107 cm³/mol. The molecule has 1 aliphatic carbocycles. The van der Waals surface area contributed by atoms with Crippen LogP contribution in [0.25, 0.3) is 0 Å². The zero-order chi connectivity index (χ0) is 19.0. The highest BCUT2D eigenvalue weighted by Gasteiger charge is 2.36. The number of carbonyl (C=O) groups is 2. The largest absolute Gasteiger partial charge is 0.342 e. The lowest BCUT2D eigenvalue weighted by Gasteiger charge is -2.32. The summed E-state index contributed by atoms with van der Waals surface area (Å²) < 4.78 is 0. The molecule has 0 spiro atoms. The van der Waals surface area contributed by atoms with Crippen LogP contribution in [0.3, 0.4) is 0 Å². The lowest BCUT2D eigenvalue weighted by molar-refractivity contribution is -0.134. The Morgan fingerprint density at radius 1 is 1.15 bits per heavy atom. The number of likely N-dealkylation sites (tertiary alicyclic amines) is 1. The summed E-state index contributed by atoms with van der Waals surface area (Å²) in [4.78, 5) is 33.1. The number of benzene rings is 1. The minimum absolute atomic E-state index is 0.144. The Morgan fingerprint density at radius 2 is 1.85 bits per heavy atom. The summed E-state index contributed by atoms with van der Waals surface area (Å²) in [7, 11) is 0. The van der Waals surface area contributed by atoms with Crippen molar-refractivity contribution in [2.75, 3.05) is 18.4 Å². The fraction of sp³-hybridized carbons (Fsp3) is 0.476. The number of carbonyl (C=O) groups excluding carboxylic acids is 2. The van der Waals surface area contributed by atoms with Gasteiger partial charge in [0.25, 0.3) is 5.91 Å². The Bertz CT molecular complexity index is 851.